The van der Waals surface area contributed by atoms with E-state index in [1.165, 1.54) is 7.11 Å². The number of benzene rings is 1. The van der Waals surface area contributed by atoms with Gasteiger partial charge in [-0.1, -0.05) is 41.0 Å². The van der Waals surface area contributed by atoms with E-state index in [9.17, 15) is 13.2 Å². The maximum atomic E-state index is 13.8. The second-order valence-corrected chi connectivity index (χ2v) is 10.2. The third-order valence-electron chi connectivity index (χ3n) is 6.52. The third-order valence-corrected chi connectivity index (χ3v) is 8.38. The summed E-state index contributed by atoms with van der Waals surface area (Å²) in [5.41, 5.74) is 3.97. The molecule has 2 atom stereocenters. The number of hydrogen-bond acceptors (Lipinski definition) is 4. The van der Waals surface area contributed by atoms with Gasteiger partial charge >= 0.3 is 5.97 Å². The number of sulfonamides is 1. The predicted octanol–water partition coefficient (Wildman–Crippen LogP) is 4.26. The minimum absolute atomic E-state index is 0.258. The fourth-order valence-electron chi connectivity index (χ4n) is 4.98. The Morgan fingerprint density at radius 3 is 2.45 bits per heavy atom. The molecule has 1 aromatic rings. The fraction of sp³-hybridized carbons (Fsp3) is 0.435. The first-order chi connectivity index (χ1) is 13.7. The zero-order chi connectivity index (χ0) is 21.0. The van der Waals surface area contributed by atoms with Crippen LogP contribution in [0.25, 0.3) is 0 Å². The summed E-state index contributed by atoms with van der Waals surface area (Å²) in [6, 6.07) is 6.43. The lowest BCUT2D eigenvalue weighted by atomic mass is 9.66. The SMILES string of the molecule is COC(=O)C12CC=C(C)CC1N(S(=O)(=O)c1ccc(C)cc1)C1=C2CC(C)=CC1. The Balaban J connectivity index is 1.93. The number of hydrogen-bond donors (Lipinski definition) is 0. The van der Waals surface area contributed by atoms with Gasteiger partial charge in [0.15, 0.2) is 0 Å². The van der Waals surface area contributed by atoms with Crippen LogP contribution in [0.4, 0.5) is 0 Å². The molecule has 1 aliphatic heterocycles. The van der Waals surface area contributed by atoms with Crippen LogP contribution in [0.1, 0.15) is 45.1 Å². The van der Waals surface area contributed by atoms with Crippen molar-refractivity contribution in [3.05, 3.63) is 64.4 Å². The zero-order valence-corrected chi connectivity index (χ0v) is 18.2. The molecule has 29 heavy (non-hydrogen) atoms. The highest BCUT2D eigenvalue weighted by atomic mass is 32.2. The number of esters is 1. The average Bonchev–Trinajstić information content (AvgIpc) is 2.98. The molecule has 0 bridgehead atoms. The Labute approximate surface area is 172 Å². The number of carbonyl (C=O) groups is 1. The van der Waals surface area contributed by atoms with E-state index in [4.69, 9.17) is 4.74 Å². The van der Waals surface area contributed by atoms with Crippen molar-refractivity contribution >= 4 is 16.0 Å². The monoisotopic (exact) mass is 413 g/mol. The highest BCUT2D eigenvalue weighted by Gasteiger charge is 2.61. The smallest absolute Gasteiger partial charge is 0.318 e. The summed E-state index contributed by atoms with van der Waals surface area (Å²) < 4.78 is 34.4. The number of fused-ring (bicyclic) bond motifs is 2. The molecule has 5 nitrogen and oxygen atoms in total. The van der Waals surface area contributed by atoms with E-state index in [0.29, 0.717) is 25.7 Å². The third kappa shape index (κ3) is 2.88. The maximum absolute atomic E-state index is 13.8. The molecule has 2 aliphatic carbocycles. The maximum Gasteiger partial charge on any atom is 0.318 e. The Bertz CT molecular complexity index is 1060. The minimum Gasteiger partial charge on any atom is -0.468 e. The standard InChI is InChI=1S/C23H27NO4S/c1-15-5-8-18(9-6-15)29(26,27)24-20-10-7-16(2)13-19(20)23(22(25)28-4)12-11-17(3)14-21(23)24/h5-9,11,21H,10,12-14H2,1-4H3. The second-order valence-electron chi connectivity index (χ2n) is 8.41. The van der Waals surface area contributed by atoms with Gasteiger partial charge in [0.2, 0.25) is 0 Å². The number of carbonyl (C=O) groups excluding carboxylic acids is 1. The van der Waals surface area contributed by atoms with Gasteiger partial charge in [0.25, 0.3) is 10.0 Å². The summed E-state index contributed by atoms with van der Waals surface area (Å²) in [4.78, 5) is 13.4. The van der Waals surface area contributed by atoms with Crippen molar-refractivity contribution in [1.82, 2.24) is 4.31 Å². The van der Waals surface area contributed by atoms with Crippen LogP contribution in [-0.4, -0.2) is 31.8 Å². The van der Waals surface area contributed by atoms with Gasteiger partial charge in [-0.15, -0.1) is 0 Å². The number of allylic oxidation sites excluding steroid dienone is 3. The first-order valence-electron chi connectivity index (χ1n) is 9.95. The minimum atomic E-state index is -3.81. The molecule has 0 fully saturated rings. The van der Waals surface area contributed by atoms with E-state index in [1.807, 2.05) is 32.9 Å². The predicted molar refractivity (Wildman–Crippen MR) is 111 cm³/mol. The molecule has 0 N–H and O–H groups in total. The van der Waals surface area contributed by atoms with E-state index >= 15 is 0 Å². The van der Waals surface area contributed by atoms with Crippen molar-refractivity contribution in [3.8, 4) is 0 Å². The van der Waals surface area contributed by atoms with E-state index in [0.717, 1.165) is 28.0 Å². The summed E-state index contributed by atoms with van der Waals surface area (Å²) in [7, 11) is -2.41. The van der Waals surface area contributed by atoms with Crippen molar-refractivity contribution in [3.63, 3.8) is 0 Å². The summed E-state index contributed by atoms with van der Waals surface area (Å²) in [5, 5.41) is 0. The number of ether oxygens (including phenoxy) is 1. The molecule has 0 spiro atoms. The molecule has 0 radical (unpaired) electrons. The van der Waals surface area contributed by atoms with Crippen LogP contribution in [0.5, 0.6) is 0 Å². The van der Waals surface area contributed by atoms with Crippen molar-refractivity contribution < 1.29 is 17.9 Å². The van der Waals surface area contributed by atoms with E-state index in [1.54, 1.807) is 16.4 Å². The summed E-state index contributed by atoms with van der Waals surface area (Å²) in [6.07, 6.45) is 6.25. The Morgan fingerprint density at radius 1 is 1.10 bits per heavy atom. The highest BCUT2D eigenvalue weighted by molar-refractivity contribution is 7.89. The van der Waals surface area contributed by atoms with Crippen molar-refractivity contribution in [2.24, 2.45) is 5.41 Å². The summed E-state index contributed by atoms with van der Waals surface area (Å²) in [5.74, 6) is -0.338. The molecule has 2 unspecified atom stereocenters. The lowest BCUT2D eigenvalue weighted by molar-refractivity contribution is -0.152. The number of rotatable bonds is 3. The van der Waals surface area contributed by atoms with Crippen LogP contribution in [0, 0.1) is 12.3 Å². The lowest BCUT2D eigenvalue weighted by Crippen LogP contribution is -2.50. The van der Waals surface area contributed by atoms with Gasteiger partial charge in [0.05, 0.1) is 18.0 Å². The van der Waals surface area contributed by atoms with Crippen molar-refractivity contribution in [1.29, 1.82) is 0 Å². The summed E-state index contributed by atoms with van der Waals surface area (Å²) in [6.45, 7) is 5.96. The van der Waals surface area contributed by atoms with Gasteiger partial charge in [0.1, 0.15) is 5.41 Å². The van der Waals surface area contributed by atoms with Crippen molar-refractivity contribution in [2.75, 3.05) is 7.11 Å². The fourth-order valence-corrected chi connectivity index (χ4v) is 6.75. The molecule has 1 aromatic carbocycles. The molecule has 0 amide bonds. The Kier molecular flexibility index (Phi) is 4.73. The lowest BCUT2D eigenvalue weighted by Gasteiger charge is -2.40. The van der Waals surface area contributed by atoms with Gasteiger partial charge in [0, 0.05) is 12.1 Å². The van der Waals surface area contributed by atoms with Crippen LogP contribution in [-0.2, 0) is 19.6 Å². The zero-order valence-electron chi connectivity index (χ0n) is 17.4. The summed E-state index contributed by atoms with van der Waals surface area (Å²) >= 11 is 0. The van der Waals surface area contributed by atoms with Gasteiger partial charge in [-0.05, 0) is 57.7 Å². The molecule has 1 heterocycles. The molecule has 154 valence electrons. The topological polar surface area (TPSA) is 63.7 Å². The van der Waals surface area contributed by atoms with Gasteiger partial charge < -0.3 is 4.74 Å². The first kappa shape index (κ1) is 20.0. The molecule has 4 rings (SSSR count). The van der Waals surface area contributed by atoms with E-state index < -0.39 is 21.5 Å². The second kappa shape index (κ2) is 6.87. The van der Waals surface area contributed by atoms with Crippen LogP contribution in [0.2, 0.25) is 0 Å². The van der Waals surface area contributed by atoms with E-state index in [-0.39, 0.29) is 10.9 Å². The van der Waals surface area contributed by atoms with Crippen molar-refractivity contribution in [2.45, 2.75) is 57.4 Å². The normalized spacial score (nSPS) is 26.5. The van der Waals surface area contributed by atoms with Gasteiger partial charge in [-0.2, -0.15) is 0 Å². The largest absolute Gasteiger partial charge is 0.468 e. The van der Waals surface area contributed by atoms with Crippen LogP contribution >= 0.6 is 0 Å². The molecule has 3 aliphatic rings. The molecule has 0 aromatic heterocycles. The molecular weight excluding hydrogens is 386 g/mol. The first-order valence-corrected chi connectivity index (χ1v) is 11.4. The molecule has 0 saturated heterocycles. The van der Waals surface area contributed by atoms with Crippen LogP contribution in [0.3, 0.4) is 0 Å². The van der Waals surface area contributed by atoms with Gasteiger partial charge in [-0.25, -0.2) is 8.42 Å². The number of aryl methyl sites for hydroxylation is 1. The average molecular weight is 414 g/mol. The Morgan fingerprint density at radius 2 is 1.79 bits per heavy atom. The van der Waals surface area contributed by atoms with Crippen LogP contribution < -0.4 is 0 Å². The quantitative estimate of drug-likeness (QED) is 0.549. The van der Waals surface area contributed by atoms with E-state index in [2.05, 4.69) is 12.2 Å². The highest BCUT2D eigenvalue weighted by Crippen LogP contribution is 2.57. The Hall–Kier alpha value is -2.34. The molecular formula is C23H27NO4S. The molecule has 0 saturated carbocycles. The van der Waals surface area contributed by atoms with Crippen LogP contribution in [0.15, 0.2) is 63.7 Å². The number of methoxy groups -OCH3 is 1. The number of nitrogens with zero attached hydrogens (tertiary/aromatic N) is 1. The van der Waals surface area contributed by atoms with Gasteiger partial charge in [-0.3, -0.25) is 9.10 Å². The molecule has 6 heteroatoms.